The molecule has 0 aliphatic carbocycles. The first-order valence-electron chi connectivity index (χ1n) is 24.0. The van der Waals surface area contributed by atoms with Gasteiger partial charge in [0, 0.05) is 13.1 Å². The molecule has 49 heavy (non-hydrogen) atoms. The highest BCUT2D eigenvalue weighted by atomic mass is 14.8. The molecule has 0 aromatic heterocycles. The first-order chi connectivity index (χ1) is 24.4. The monoisotopic (exact) mass is 689 g/mol. The smallest absolute Gasteiger partial charge is 0.0133 e. The first-order valence-corrected chi connectivity index (χ1v) is 24.0. The fourth-order valence-electron chi connectivity index (χ4n) is 7.78. The van der Waals surface area contributed by atoms with Crippen LogP contribution in [0.5, 0.6) is 0 Å². The molecular weight excluding hydrogens is 591 g/mol. The molecule has 1 nitrogen and oxygen atoms in total. The van der Waals surface area contributed by atoms with Gasteiger partial charge in [0.1, 0.15) is 0 Å². The first kappa shape index (κ1) is 49.0. The maximum atomic E-state index is 4.82. The van der Waals surface area contributed by atoms with Gasteiger partial charge in [-0.3, -0.25) is 0 Å². The van der Waals surface area contributed by atoms with Crippen LogP contribution in [0.2, 0.25) is 0 Å². The van der Waals surface area contributed by atoms with Crippen molar-refractivity contribution >= 4 is 0 Å². The Morgan fingerprint density at radius 3 is 0.429 bits per heavy atom. The minimum absolute atomic E-state index is 1.12. The predicted molar refractivity (Wildman–Crippen MR) is 226 cm³/mol. The fourth-order valence-corrected chi connectivity index (χ4v) is 7.78. The normalized spacial score (nSPS) is 11.6. The molecule has 0 unspecified atom stereocenters. The Morgan fingerprint density at radius 2 is 0.286 bits per heavy atom. The van der Waals surface area contributed by atoms with Gasteiger partial charge in [-0.25, -0.2) is 5.32 Å². The quantitative estimate of drug-likeness (QED) is 0.0565. The highest BCUT2D eigenvalue weighted by molar-refractivity contribution is 4.55. The molecule has 0 bridgehead atoms. The molecular formula is C48H98N. The SMILES string of the molecule is CCCCCCCCCCCCCCCCCCCCCCCC[N]CCCCCCCCCCCCCCCCCCCCCCCC. The molecule has 0 aliphatic rings. The van der Waals surface area contributed by atoms with Gasteiger partial charge < -0.3 is 0 Å². The van der Waals surface area contributed by atoms with Crippen LogP contribution in [-0.2, 0) is 0 Å². The second-order valence-corrected chi connectivity index (χ2v) is 16.5. The van der Waals surface area contributed by atoms with Crippen molar-refractivity contribution in [1.82, 2.24) is 5.32 Å². The van der Waals surface area contributed by atoms with Crippen LogP contribution in [0.15, 0.2) is 0 Å². The summed E-state index contributed by atoms with van der Waals surface area (Å²) in [6.07, 6.45) is 64.3. The third-order valence-electron chi connectivity index (χ3n) is 11.3. The van der Waals surface area contributed by atoms with Gasteiger partial charge >= 0.3 is 0 Å². The van der Waals surface area contributed by atoms with Crippen molar-refractivity contribution in [2.24, 2.45) is 0 Å². The summed E-state index contributed by atoms with van der Waals surface area (Å²) in [5.41, 5.74) is 0. The van der Waals surface area contributed by atoms with Crippen molar-refractivity contribution < 1.29 is 0 Å². The molecule has 295 valence electrons. The Bertz CT molecular complexity index is 483. The minimum atomic E-state index is 1.12. The number of rotatable bonds is 46. The topological polar surface area (TPSA) is 14.1 Å². The maximum Gasteiger partial charge on any atom is 0.0133 e. The number of nitrogens with zero attached hydrogens (tertiary/aromatic N) is 1. The summed E-state index contributed by atoms with van der Waals surface area (Å²) < 4.78 is 0. The summed E-state index contributed by atoms with van der Waals surface area (Å²) in [7, 11) is 0. The minimum Gasteiger partial charge on any atom is -0.242 e. The molecule has 0 saturated heterocycles. The van der Waals surface area contributed by atoms with E-state index in [1.165, 1.54) is 283 Å². The van der Waals surface area contributed by atoms with E-state index >= 15 is 0 Å². The lowest BCUT2D eigenvalue weighted by Crippen LogP contribution is -2.08. The van der Waals surface area contributed by atoms with Gasteiger partial charge in [-0.15, -0.1) is 0 Å². The zero-order valence-corrected chi connectivity index (χ0v) is 35.0. The summed E-state index contributed by atoms with van der Waals surface area (Å²) in [5, 5.41) is 4.82. The van der Waals surface area contributed by atoms with Gasteiger partial charge in [0.05, 0.1) is 0 Å². The Hall–Kier alpha value is -0.0400. The van der Waals surface area contributed by atoms with Crippen LogP contribution >= 0.6 is 0 Å². The highest BCUT2D eigenvalue weighted by Gasteiger charge is 1.98. The second-order valence-electron chi connectivity index (χ2n) is 16.5. The third kappa shape index (κ3) is 48.0. The average Bonchev–Trinajstić information content (AvgIpc) is 3.11. The van der Waals surface area contributed by atoms with Gasteiger partial charge in [-0.2, -0.15) is 0 Å². The van der Waals surface area contributed by atoms with Gasteiger partial charge in [0.15, 0.2) is 0 Å². The average molecular weight is 689 g/mol. The Morgan fingerprint density at radius 1 is 0.163 bits per heavy atom. The molecule has 0 amide bonds. The Labute approximate surface area is 313 Å². The second kappa shape index (κ2) is 48.0. The summed E-state index contributed by atoms with van der Waals surface area (Å²) in [5.74, 6) is 0. The van der Waals surface area contributed by atoms with E-state index in [9.17, 15) is 0 Å². The summed E-state index contributed by atoms with van der Waals surface area (Å²) in [4.78, 5) is 0. The molecule has 0 rings (SSSR count). The van der Waals surface area contributed by atoms with E-state index in [1.807, 2.05) is 0 Å². The zero-order chi connectivity index (χ0) is 35.2. The number of unbranched alkanes of at least 4 members (excludes halogenated alkanes) is 42. The highest BCUT2D eigenvalue weighted by Crippen LogP contribution is 2.17. The van der Waals surface area contributed by atoms with Crippen molar-refractivity contribution in [2.45, 2.75) is 296 Å². The van der Waals surface area contributed by atoms with Gasteiger partial charge in [-0.05, 0) is 12.8 Å². The van der Waals surface area contributed by atoms with E-state index in [2.05, 4.69) is 13.8 Å². The van der Waals surface area contributed by atoms with E-state index in [0.717, 1.165) is 13.1 Å². The summed E-state index contributed by atoms with van der Waals surface area (Å²) >= 11 is 0. The molecule has 1 radical (unpaired) electrons. The maximum absolute atomic E-state index is 4.82. The van der Waals surface area contributed by atoms with E-state index < -0.39 is 0 Å². The van der Waals surface area contributed by atoms with Crippen LogP contribution in [0.4, 0.5) is 0 Å². The van der Waals surface area contributed by atoms with E-state index in [-0.39, 0.29) is 0 Å². The third-order valence-corrected chi connectivity index (χ3v) is 11.3. The van der Waals surface area contributed by atoms with Gasteiger partial charge in [0.25, 0.3) is 0 Å². The largest absolute Gasteiger partial charge is 0.242 e. The molecule has 0 heterocycles. The Balaban J connectivity index is 3.04. The number of hydrogen-bond acceptors (Lipinski definition) is 0. The zero-order valence-electron chi connectivity index (χ0n) is 35.0. The van der Waals surface area contributed by atoms with Crippen LogP contribution < -0.4 is 5.32 Å². The van der Waals surface area contributed by atoms with Crippen LogP contribution in [-0.4, -0.2) is 13.1 Å². The van der Waals surface area contributed by atoms with Crippen molar-refractivity contribution in [3.63, 3.8) is 0 Å². The fraction of sp³-hybridized carbons (Fsp3) is 1.00. The van der Waals surface area contributed by atoms with E-state index in [0.29, 0.717) is 0 Å². The lowest BCUT2D eigenvalue weighted by molar-refractivity contribution is 0.510. The molecule has 0 N–H and O–H groups in total. The van der Waals surface area contributed by atoms with Crippen LogP contribution in [0.3, 0.4) is 0 Å². The number of hydrogen-bond donors (Lipinski definition) is 0. The summed E-state index contributed by atoms with van der Waals surface area (Å²) in [6, 6.07) is 0. The van der Waals surface area contributed by atoms with E-state index in [1.54, 1.807) is 0 Å². The molecule has 0 spiro atoms. The van der Waals surface area contributed by atoms with Crippen molar-refractivity contribution in [3.05, 3.63) is 0 Å². The van der Waals surface area contributed by atoms with Crippen molar-refractivity contribution in [3.8, 4) is 0 Å². The van der Waals surface area contributed by atoms with Crippen LogP contribution in [0, 0.1) is 0 Å². The molecule has 0 fully saturated rings. The molecule has 0 aliphatic heterocycles. The summed E-state index contributed by atoms with van der Waals surface area (Å²) in [6.45, 7) is 6.87. The van der Waals surface area contributed by atoms with E-state index in [4.69, 9.17) is 5.32 Å². The molecule has 1 heteroatoms. The standard InChI is InChI=1S/C48H98N/c1-3-5-7-9-11-13-15-17-19-21-23-25-27-29-31-33-35-37-39-41-43-45-47-49-48-46-44-42-40-38-36-34-32-30-28-26-24-22-20-18-16-14-12-10-8-6-4-2/h3-48H2,1-2H3. The van der Waals surface area contributed by atoms with Crippen LogP contribution in [0.1, 0.15) is 296 Å². The Kier molecular flexibility index (Phi) is 47.9. The molecule has 0 saturated carbocycles. The van der Waals surface area contributed by atoms with Gasteiger partial charge in [-0.1, -0.05) is 284 Å². The predicted octanol–water partition coefficient (Wildman–Crippen LogP) is 17.8. The van der Waals surface area contributed by atoms with Crippen molar-refractivity contribution in [2.75, 3.05) is 13.1 Å². The molecule has 0 atom stereocenters. The van der Waals surface area contributed by atoms with Crippen molar-refractivity contribution in [1.29, 1.82) is 0 Å². The lowest BCUT2D eigenvalue weighted by Gasteiger charge is -2.05. The molecule has 0 aromatic carbocycles. The molecule has 0 aromatic rings. The van der Waals surface area contributed by atoms with Crippen LogP contribution in [0.25, 0.3) is 0 Å². The lowest BCUT2D eigenvalue weighted by atomic mass is 10.0. The van der Waals surface area contributed by atoms with Gasteiger partial charge in [0.2, 0.25) is 0 Å².